The van der Waals surface area contributed by atoms with Crippen LogP contribution in [-0.4, -0.2) is 18.1 Å². The molecule has 1 aromatic heterocycles. The number of phenolic OH excluding ortho intramolecular Hbond substituents is 1. The molecule has 1 aliphatic heterocycles. The SMILES string of the molecule is CC[C@H]1c2cccn2-c2cc(F)c(F)cc2N1S(=O)(=O)c1ccc(O)c(C)c1. The second kappa shape index (κ2) is 6.34. The average Bonchev–Trinajstić information content (AvgIpc) is 3.13. The number of halogens is 2. The fourth-order valence-corrected chi connectivity index (χ4v) is 5.43. The number of phenols is 1. The molecular formula is C20H18F2N2O3S. The van der Waals surface area contributed by atoms with E-state index in [0.29, 0.717) is 17.7 Å². The highest BCUT2D eigenvalue weighted by Gasteiger charge is 2.39. The first-order valence-corrected chi connectivity index (χ1v) is 10.2. The fourth-order valence-electron chi connectivity index (χ4n) is 3.64. The predicted molar refractivity (Wildman–Crippen MR) is 101 cm³/mol. The van der Waals surface area contributed by atoms with E-state index in [1.165, 1.54) is 18.2 Å². The normalized spacial score (nSPS) is 16.0. The Bertz CT molecular complexity index is 1190. The summed E-state index contributed by atoms with van der Waals surface area (Å²) in [5, 5.41) is 9.74. The van der Waals surface area contributed by atoms with Gasteiger partial charge in [0.15, 0.2) is 11.6 Å². The molecule has 0 saturated heterocycles. The van der Waals surface area contributed by atoms with Crippen molar-refractivity contribution in [3.8, 4) is 11.4 Å². The topological polar surface area (TPSA) is 62.5 Å². The molecule has 28 heavy (non-hydrogen) atoms. The highest BCUT2D eigenvalue weighted by atomic mass is 32.2. The zero-order valence-corrected chi connectivity index (χ0v) is 16.0. The maximum absolute atomic E-state index is 14.1. The minimum atomic E-state index is -4.11. The zero-order valence-electron chi connectivity index (χ0n) is 15.2. The van der Waals surface area contributed by atoms with Gasteiger partial charge in [0, 0.05) is 24.0 Å². The standard InChI is InChI=1S/C20H18F2N2O3S/c1-3-16-17-5-4-8-23(17)18-10-14(21)15(22)11-19(18)24(16)28(26,27)13-6-7-20(25)12(2)9-13/h4-11,16,25H,3H2,1-2H3/t16-/m0/s1. The smallest absolute Gasteiger partial charge is 0.265 e. The third-order valence-electron chi connectivity index (χ3n) is 5.03. The number of anilines is 1. The molecule has 1 atom stereocenters. The van der Waals surface area contributed by atoms with Gasteiger partial charge in [0.25, 0.3) is 10.0 Å². The molecule has 1 aliphatic rings. The molecule has 5 nitrogen and oxygen atoms in total. The Morgan fingerprint density at radius 2 is 1.75 bits per heavy atom. The van der Waals surface area contributed by atoms with Crippen molar-refractivity contribution in [2.24, 2.45) is 0 Å². The van der Waals surface area contributed by atoms with Crippen LogP contribution in [0.25, 0.3) is 5.69 Å². The molecule has 1 N–H and O–H groups in total. The Balaban J connectivity index is 2.00. The number of aromatic nitrogens is 1. The number of sulfonamides is 1. The van der Waals surface area contributed by atoms with Crippen LogP contribution in [0.15, 0.2) is 53.6 Å². The van der Waals surface area contributed by atoms with E-state index in [2.05, 4.69) is 0 Å². The molecule has 0 unspecified atom stereocenters. The van der Waals surface area contributed by atoms with Crippen molar-refractivity contribution < 1.29 is 22.3 Å². The molecular weight excluding hydrogens is 386 g/mol. The van der Waals surface area contributed by atoms with Crippen LogP contribution in [-0.2, 0) is 10.0 Å². The number of aryl methyl sites for hydroxylation is 1. The minimum absolute atomic E-state index is 0.0213. The second-order valence-corrected chi connectivity index (χ2v) is 8.55. The average molecular weight is 404 g/mol. The molecule has 3 aromatic rings. The van der Waals surface area contributed by atoms with Crippen molar-refractivity contribution in [2.75, 3.05) is 4.31 Å². The van der Waals surface area contributed by atoms with E-state index in [0.717, 1.165) is 16.4 Å². The van der Waals surface area contributed by atoms with Crippen LogP contribution in [0.3, 0.4) is 0 Å². The van der Waals surface area contributed by atoms with Crippen molar-refractivity contribution >= 4 is 15.7 Å². The van der Waals surface area contributed by atoms with Gasteiger partial charge in [0.2, 0.25) is 0 Å². The van der Waals surface area contributed by atoms with Gasteiger partial charge < -0.3 is 9.67 Å². The van der Waals surface area contributed by atoms with Gasteiger partial charge in [-0.3, -0.25) is 4.31 Å². The number of hydrogen-bond acceptors (Lipinski definition) is 3. The van der Waals surface area contributed by atoms with E-state index >= 15 is 0 Å². The quantitative estimate of drug-likeness (QED) is 0.703. The Labute approximate surface area is 161 Å². The summed E-state index contributed by atoms with van der Waals surface area (Å²) in [5.74, 6) is -2.19. The lowest BCUT2D eigenvalue weighted by atomic mass is 10.1. The van der Waals surface area contributed by atoms with Gasteiger partial charge >= 0.3 is 0 Å². The second-order valence-electron chi connectivity index (χ2n) is 6.73. The maximum Gasteiger partial charge on any atom is 0.265 e. The van der Waals surface area contributed by atoms with Gasteiger partial charge in [-0.05, 0) is 49.2 Å². The molecule has 8 heteroatoms. The Morgan fingerprint density at radius 1 is 1.07 bits per heavy atom. The van der Waals surface area contributed by atoms with Crippen LogP contribution in [0.4, 0.5) is 14.5 Å². The monoisotopic (exact) mass is 404 g/mol. The molecule has 0 spiro atoms. The number of hydrogen-bond donors (Lipinski definition) is 1. The van der Waals surface area contributed by atoms with Gasteiger partial charge in [-0.2, -0.15) is 0 Å². The number of aromatic hydroxyl groups is 1. The highest BCUT2D eigenvalue weighted by Crippen LogP contribution is 2.44. The summed E-state index contributed by atoms with van der Waals surface area (Å²) in [6.07, 6.45) is 2.13. The molecule has 0 aliphatic carbocycles. The third-order valence-corrected chi connectivity index (χ3v) is 6.85. The Kier molecular flexibility index (Phi) is 4.19. The number of fused-ring (bicyclic) bond motifs is 3. The molecule has 2 aromatic carbocycles. The predicted octanol–water partition coefficient (Wildman–Crippen LogP) is 4.43. The van der Waals surface area contributed by atoms with E-state index in [-0.39, 0.29) is 22.0 Å². The molecule has 0 saturated carbocycles. The van der Waals surface area contributed by atoms with E-state index in [4.69, 9.17) is 0 Å². The summed E-state index contributed by atoms with van der Waals surface area (Å²) >= 11 is 0. The molecule has 0 fully saturated rings. The number of benzene rings is 2. The van der Waals surface area contributed by atoms with E-state index in [1.807, 2.05) is 6.92 Å². The van der Waals surface area contributed by atoms with E-state index < -0.39 is 27.7 Å². The third kappa shape index (κ3) is 2.59. The summed E-state index contributed by atoms with van der Waals surface area (Å²) in [7, 11) is -4.11. The van der Waals surface area contributed by atoms with Gasteiger partial charge in [-0.25, -0.2) is 17.2 Å². The summed E-state index contributed by atoms with van der Waals surface area (Å²) in [5.41, 5.74) is 1.39. The van der Waals surface area contributed by atoms with Crippen molar-refractivity contribution in [1.82, 2.24) is 4.57 Å². The zero-order chi connectivity index (χ0) is 20.2. The molecule has 2 heterocycles. The largest absolute Gasteiger partial charge is 0.508 e. The van der Waals surface area contributed by atoms with Crippen molar-refractivity contribution in [3.63, 3.8) is 0 Å². The van der Waals surface area contributed by atoms with Crippen molar-refractivity contribution in [3.05, 3.63) is 71.6 Å². The van der Waals surface area contributed by atoms with Crippen LogP contribution in [0, 0.1) is 18.6 Å². The van der Waals surface area contributed by atoms with Crippen molar-refractivity contribution in [2.45, 2.75) is 31.2 Å². The Morgan fingerprint density at radius 3 is 2.39 bits per heavy atom. The highest BCUT2D eigenvalue weighted by molar-refractivity contribution is 7.92. The summed E-state index contributed by atoms with van der Waals surface area (Å²) < 4.78 is 57.9. The lowest BCUT2D eigenvalue weighted by Gasteiger charge is -2.38. The van der Waals surface area contributed by atoms with Gasteiger partial charge in [-0.1, -0.05) is 6.92 Å². The summed E-state index contributed by atoms with van der Waals surface area (Å²) in [6.45, 7) is 3.42. The van der Waals surface area contributed by atoms with Crippen molar-refractivity contribution in [1.29, 1.82) is 0 Å². The van der Waals surface area contributed by atoms with Gasteiger partial charge in [0.1, 0.15) is 5.75 Å². The lowest BCUT2D eigenvalue weighted by molar-refractivity contribution is 0.470. The number of nitrogens with zero attached hydrogens (tertiary/aromatic N) is 2. The minimum Gasteiger partial charge on any atom is -0.508 e. The Hall–Kier alpha value is -2.87. The molecule has 0 amide bonds. The van der Waals surface area contributed by atoms with Crippen LogP contribution in [0.5, 0.6) is 5.75 Å². The first kappa shape index (κ1) is 18.5. The van der Waals surface area contributed by atoms with Gasteiger partial charge in [0.05, 0.1) is 22.3 Å². The van der Waals surface area contributed by atoms with E-state index in [1.54, 1.807) is 29.8 Å². The lowest BCUT2D eigenvalue weighted by Crippen LogP contribution is -2.39. The van der Waals surface area contributed by atoms with Crippen LogP contribution in [0.2, 0.25) is 0 Å². The van der Waals surface area contributed by atoms with E-state index in [9.17, 15) is 22.3 Å². The van der Waals surface area contributed by atoms with Crippen LogP contribution >= 0.6 is 0 Å². The molecule has 4 rings (SSSR count). The molecule has 146 valence electrons. The first-order chi connectivity index (χ1) is 13.3. The first-order valence-electron chi connectivity index (χ1n) is 8.76. The molecule has 0 radical (unpaired) electrons. The maximum atomic E-state index is 14.1. The van der Waals surface area contributed by atoms with Crippen LogP contribution in [0.1, 0.15) is 30.6 Å². The van der Waals surface area contributed by atoms with Gasteiger partial charge in [-0.15, -0.1) is 0 Å². The molecule has 0 bridgehead atoms. The summed E-state index contributed by atoms with van der Waals surface area (Å²) in [6, 6.07) is 8.81. The fraction of sp³-hybridized carbons (Fsp3) is 0.200. The summed E-state index contributed by atoms with van der Waals surface area (Å²) in [4.78, 5) is -0.0306. The van der Waals surface area contributed by atoms with Crippen LogP contribution < -0.4 is 4.31 Å². The number of rotatable bonds is 3.